The molecule has 1 saturated heterocycles. The maximum atomic E-state index is 13.3. The molecular formula is C29H34N6O4S. The molecule has 0 atom stereocenters. The number of aromatic nitrogens is 4. The minimum atomic E-state index is -4.24. The molecule has 4 aromatic rings. The van der Waals surface area contributed by atoms with Crippen molar-refractivity contribution in [2.24, 2.45) is 0 Å². The molecule has 0 saturated carbocycles. The molecule has 4 heterocycles. The number of anilines is 1. The summed E-state index contributed by atoms with van der Waals surface area (Å²) in [4.78, 5) is 33.1. The highest BCUT2D eigenvalue weighted by atomic mass is 32.2. The Balaban J connectivity index is 0.00000242. The van der Waals surface area contributed by atoms with Crippen LogP contribution in [0.5, 0.6) is 11.6 Å². The Morgan fingerprint density at radius 2 is 1.62 bits per heavy atom. The van der Waals surface area contributed by atoms with Crippen LogP contribution in [-0.4, -0.2) is 47.4 Å². The minimum Gasteiger partial charge on any atom is -0.438 e. The zero-order valence-electron chi connectivity index (χ0n) is 22.8. The van der Waals surface area contributed by atoms with Crippen LogP contribution < -0.4 is 14.4 Å². The van der Waals surface area contributed by atoms with E-state index in [9.17, 15) is 13.2 Å². The van der Waals surface area contributed by atoms with Gasteiger partial charge in [-0.3, -0.25) is 4.79 Å². The fraction of sp³-hybridized carbons (Fsp3) is 0.276. The molecule has 0 radical (unpaired) electrons. The summed E-state index contributed by atoms with van der Waals surface area (Å²) in [6.45, 7) is 9.31. The molecule has 1 amide bonds. The second-order valence-electron chi connectivity index (χ2n) is 9.90. The van der Waals surface area contributed by atoms with E-state index in [1.165, 1.54) is 12.1 Å². The van der Waals surface area contributed by atoms with Crippen LogP contribution in [0.25, 0.3) is 11.3 Å². The number of nitrogens with zero attached hydrogens (tertiary/aromatic N) is 5. The second-order valence-corrected chi connectivity index (χ2v) is 11.5. The number of nitrogens with one attached hydrogen (secondary N) is 1. The smallest absolute Gasteiger partial charge is 0.281 e. The second kappa shape index (κ2) is 11.0. The molecule has 1 aliphatic rings. The topological polar surface area (TPSA) is 127 Å². The molecule has 1 aliphatic heterocycles. The summed E-state index contributed by atoms with van der Waals surface area (Å²) in [5, 5.41) is -0.256. The molecule has 1 fully saturated rings. The Hall–Kier alpha value is -4.38. The Bertz CT molecular complexity index is 1670. The Morgan fingerprint density at radius 3 is 2.27 bits per heavy atom. The van der Waals surface area contributed by atoms with Crippen molar-refractivity contribution in [2.45, 2.75) is 45.6 Å². The molecule has 0 aliphatic carbocycles. The van der Waals surface area contributed by atoms with Crippen molar-refractivity contribution < 1.29 is 20.8 Å². The normalized spacial score (nSPS) is 13.3. The van der Waals surface area contributed by atoms with Gasteiger partial charge in [0.15, 0.2) is 5.03 Å². The minimum absolute atomic E-state index is 0. The molecule has 3 aromatic heterocycles. The van der Waals surface area contributed by atoms with E-state index < -0.39 is 15.9 Å². The van der Waals surface area contributed by atoms with Gasteiger partial charge in [-0.2, -0.15) is 8.42 Å². The van der Waals surface area contributed by atoms with Crippen LogP contribution in [0.3, 0.4) is 0 Å². The van der Waals surface area contributed by atoms with Crippen molar-refractivity contribution in [1.82, 2.24) is 24.7 Å². The lowest BCUT2D eigenvalue weighted by molar-refractivity contribution is 0.0978. The van der Waals surface area contributed by atoms with Crippen molar-refractivity contribution in [3.63, 3.8) is 0 Å². The molecular weight excluding hydrogens is 528 g/mol. The highest BCUT2D eigenvalue weighted by Gasteiger charge is 2.25. The van der Waals surface area contributed by atoms with Gasteiger partial charge in [0.1, 0.15) is 11.3 Å². The van der Waals surface area contributed by atoms with E-state index in [1.54, 1.807) is 37.5 Å². The zero-order valence-corrected chi connectivity index (χ0v) is 23.6. The number of aryl methyl sites for hydroxylation is 4. The lowest BCUT2D eigenvalue weighted by Crippen LogP contribution is -2.31. The van der Waals surface area contributed by atoms with E-state index in [0.29, 0.717) is 28.6 Å². The average molecular weight is 563 g/mol. The van der Waals surface area contributed by atoms with Gasteiger partial charge >= 0.3 is 0 Å². The van der Waals surface area contributed by atoms with Gasteiger partial charge in [0, 0.05) is 39.6 Å². The molecule has 1 N–H and O–H groups in total. The first-order valence-electron chi connectivity index (χ1n) is 13.0. The number of ether oxygens (including phenoxy) is 1. The molecule has 10 nitrogen and oxygen atoms in total. The maximum absolute atomic E-state index is 13.3. The highest BCUT2D eigenvalue weighted by Crippen LogP contribution is 2.32. The monoisotopic (exact) mass is 562 g/mol. The molecule has 11 heteroatoms. The van der Waals surface area contributed by atoms with E-state index in [2.05, 4.69) is 29.6 Å². The average Bonchev–Trinajstić information content (AvgIpc) is 3.46. The van der Waals surface area contributed by atoms with Gasteiger partial charge in [0.05, 0.1) is 5.69 Å². The van der Waals surface area contributed by atoms with Gasteiger partial charge in [-0.15, -0.1) is 0 Å². The SMILES string of the molecule is Cc1cc(C)c(Oc2nc(-c3cnc(N4CCCC4)nc3)ccc2C(=O)NS(=O)(=O)c2cccc(C)n2)c(C)c1.[HH].[HH]. The van der Waals surface area contributed by atoms with Crippen LogP contribution in [-0.2, 0) is 10.0 Å². The predicted octanol–water partition coefficient (Wildman–Crippen LogP) is 5.17. The number of benzene rings is 1. The van der Waals surface area contributed by atoms with Crippen LogP contribution in [0.1, 0.15) is 48.4 Å². The van der Waals surface area contributed by atoms with Crippen molar-refractivity contribution in [3.8, 4) is 22.9 Å². The van der Waals surface area contributed by atoms with Crippen LogP contribution >= 0.6 is 0 Å². The number of pyridine rings is 2. The van der Waals surface area contributed by atoms with Gasteiger partial charge in [-0.25, -0.2) is 24.7 Å². The molecule has 1 aromatic carbocycles. The summed E-state index contributed by atoms with van der Waals surface area (Å²) in [6, 6.07) is 11.6. The number of rotatable bonds is 7. The number of hydrogen-bond donors (Lipinski definition) is 1. The lowest BCUT2D eigenvalue weighted by Gasteiger charge is -2.16. The summed E-state index contributed by atoms with van der Waals surface area (Å²) < 4.78 is 34.2. The van der Waals surface area contributed by atoms with E-state index in [-0.39, 0.29) is 19.3 Å². The van der Waals surface area contributed by atoms with Crippen LogP contribution in [0.15, 0.2) is 59.9 Å². The lowest BCUT2D eigenvalue weighted by atomic mass is 10.1. The largest absolute Gasteiger partial charge is 0.438 e. The summed E-state index contributed by atoms with van der Waals surface area (Å²) in [5.74, 6) is 0.268. The van der Waals surface area contributed by atoms with Gasteiger partial charge < -0.3 is 9.64 Å². The first-order chi connectivity index (χ1) is 19.1. The van der Waals surface area contributed by atoms with E-state index >= 15 is 0 Å². The van der Waals surface area contributed by atoms with Crippen molar-refractivity contribution in [1.29, 1.82) is 0 Å². The van der Waals surface area contributed by atoms with Crippen molar-refractivity contribution in [2.75, 3.05) is 18.0 Å². The Labute approximate surface area is 236 Å². The molecule has 40 heavy (non-hydrogen) atoms. The number of amides is 1. The van der Waals surface area contributed by atoms with E-state index in [0.717, 1.165) is 42.6 Å². The van der Waals surface area contributed by atoms with Crippen LogP contribution in [0.4, 0.5) is 5.95 Å². The fourth-order valence-electron chi connectivity index (χ4n) is 4.71. The molecule has 210 valence electrons. The van der Waals surface area contributed by atoms with Gasteiger partial charge in [-0.05, 0) is 75.9 Å². The standard InChI is InChI=1S/C29H30N6O4S.2H2/c1-18-14-19(2)26(20(3)15-18)39-28-23(27(36)34-40(37,38)25-9-7-8-21(4)32-25)10-11-24(33-28)22-16-30-29(31-17-22)35-12-5-6-13-35;;/h7-11,14-17H,5-6,12-13H2,1-4H3,(H,34,36);2*1H. The summed E-state index contributed by atoms with van der Waals surface area (Å²) >= 11 is 0. The highest BCUT2D eigenvalue weighted by molar-refractivity contribution is 7.90. The molecule has 5 rings (SSSR count). The van der Waals surface area contributed by atoms with Gasteiger partial charge in [0.25, 0.3) is 15.9 Å². The zero-order chi connectivity index (χ0) is 28.4. The summed E-state index contributed by atoms with van der Waals surface area (Å²) in [6.07, 6.45) is 5.60. The number of carbonyl (C=O) groups is 1. The van der Waals surface area contributed by atoms with Crippen molar-refractivity contribution >= 4 is 21.9 Å². The fourth-order valence-corrected chi connectivity index (χ4v) is 5.69. The third-order valence-electron chi connectivity index (χ3n) is 6.60. The number of sulfonamides is 1. The van der Waals surface area contributed by atoms with Gasteiger partial charge in [0.2, 0.25) is 11.8 Å². The number of carbonyl (C=O) groups excluding carboxylic acids is 1. The first-order valence-corrected chi connectivity index (χ1v) is 14.4. The van der Waals surface area contributed by atoms with Crippen LogP contribution in [0, 0.1) is 27.7 Å². The number of hydrogen-bond acceptors (Lipinski definition) is 9. The van der Waals surface area contributed by atoms with E-state index in [4.69, 9.17) is 4.74 Å². The molecule has 0 unspecified atom stereocenters. The maximum Gasteiger partial charge on any atom is 0.281 e. The van der Waals surface area contributed by atoms with Crippen molar-refractivity contribution in [3.05, 3.63) is 82.8 Å². The van der Waals surface area contributed by atoms with E-state index in [1.807, 2.05) is 32.9 Å². The molecule has 0 spiro atoms. The van der Waals surface area contributed by atoms with Crippen LogP contribution in [0.2, 0.25) is 0 Å². The summed E-state index contributed by atoms with van der Waals surface area (Å²) in [5.41, 5.74) is 4.34. The Morgan fingerprint density at radius 1 is 0.950 bits per heavy atom. The third-order valence-corrected chi connectivity index (χ3v) is 7.83. The van der Waals surface area contributed by atoms with Gasteiger partial charge in [-0.1, -0.05) is 23.8 Å². The predicted molar refractivity (Wildman–Crippen MR) is 155 cm³/mol. The first kappa shape index (κ1) is 27.2. The molecule has 0 bridgehead atoms. The summed E-state index contributed by atoms with van der Waals surface area (Å²) in [7, 11) is -4.24. The Kier molecular flexibility index (Phi) is 7.49. The third kappa shape index (κ3) is 5.79. The quantitative estimate of drug-likeness (QED) is 0.324.